The predicted octanol–water partition coefficient (Wildman–Crippen LogP) is 3.77. The Balaban J connectivity index is 2.01. The van der Waals surface area contributed by atoms with E-state index in [2.05, 4.69) is 5.32 Å². The summed E-state index contributed by atoms with van der Waals surface area (Å²) >= 11 is 0. The van der Waals surface area contributed by atoms with E-state index in [9.17, 15) is 13.6 Å². The quantitative estimate of drug-likeness (QED) is 0.669. The maximum atomic E-state index is 13.3. The van der Waals surface area contributed by atoms with E-state index in [0.29, 0.717) is 5.56 Å². The first kappa shape index (κ1) is 13.0. The van der Waals surface area contributed by atoms with E-state index in [1.54, 1.807) is 18.2 Å². The lowest BCUT2D eigenvalue weighted by Gasteiger charge is -2.01. The van der Waals surface area contributed by atoms with E-state index in [0.717, 1.165) is 0 Å². The van der Waals surface area contributed by atoms with Crippen LogP contribution >= 0.6 is 0 Å². The number of anilines is 1. The van der Waals surface area contributed by atoms with Gasteiger partial charge in [-0.2, -0.15) is 0 Å². The summed E-state index contributed by atoms with van der Waals surface area (Å²) in [7, 11) is 0. The topological polar surface area (TPSA) is 29.1 Å². The summed E-state index contributed by atoms with van der Waals surface area (Å²) < 4.78 is 25.9. The average molecular weight is 259 g/mol. The molecule has 0 heterocycles. The molecule has 0 fully saturated rings. The minimum Gasteiger partial charge on any atom is -0.359 e. The highest BCUT2D eigenvalue weighted by Gasteiger charge is 2.01. The number of benzene rings is 2. The van der Waals surface area contributed by atoms with Gasteiger partial charge in [0.25, 0.3) is 0 Å². The number of halogens is 2. The van der Waals surface area contributed by atoms with E-state index >= 15 is 0 Å². The summed E-state index contributed by atoms with van der Waals surface area (Å²) in [6.45, 7) is 0. The molecule has 2 nitrogen and oxygen atoms in total. The number of hydrogen-bond donors (Lipinski definition) is 1. The second-order valence-electron chi connectivity index (χ2n) is 3.83. The number of nitrogens with one attached hydrogen (secondary N) is 1. The monoisotopic (exact) mass is 259 g/mol. The Labute approximate surface area is 109 Å². The van der Waals surface area contributed by atoms with Gasteiger partial charge in [-0.15, -0.1) is 0 Å². The van der Waals surface area contributed by atoms with Crippen LogP contribution in [0.1, 0.15) is 10.4 Å². The first-order chi connectivity index (χ1) is 9.16. The van der Waals surface area contributed by atoms with Gasteiger partial charge in [0.1, 0.15) is 11.6 Å². The van der Waals surface area contributed by atoms with Crippen molar-refractivity contribution in [3.8, 4) is 0 Å². The van der Waals surface area contributed by atoms with Gasteiger partial charge in [0.05, 0.1) is 5.69 Å². The van der Waals surface area contributed by atoms with Crippen molar-refractivity contribution < 1.29 is 13.6 Å². The molecule has 96 valence electrons. The molecule has 19 heavy (non-hydrogen) atoms. The molecule has 0 spiro atoms. The first-order valence-electron chi connectivity index (χ1n) is 5.64. The normalized spacial score (nSPS) is 10.6. The molecule has 0 unspecified atom stereocenters. The number of ketones is 1. The summed E-state index contributed by atoms with van der Waals surface area (Å²) in [4.78, 5) is 11.7. The molecule has 0 bridgehead atoms. The van der Waals surface area contributed by atoms with Crippen LogP contribution in [0.25, 0.3) is 0 Å². The van der Waals surface area contributed by atoms with Gasteiger partial charge < -0.3 is 5.32 Å². The van der Waals surface area contributed by atoms with E-state index in [1.807, 2.05) is 0 Å². The molecule has 2 aromatic rings. The second kappa shape index (κ2) is 5.91. The maximum Gasteiger partial charge on any atom is 0.187 e. The van der Waals surface area contributed by atoms with Crippen molar-refractivity contribution in [3.63, 3.8) is 0 Å². The van der Waals surface area contributed by atoms with Crippen LogP contribution in [0.2, 0.25) is 0 Å². The highest BCUT2D eigenvalue weighted by atomic mass is 19.1. The molecule has 0 aliphatic rings. The lowest BCUT2D eigenvalue weighted by atomic mass is 10.1. The highest BCUT2D eigenvalue weighted by Crippen LogP contribution is 2.12. The molecule has 1 N–H and O–H groups in total. The van der Waals surface area contributed by atoms with Crippen molar-refractivity contribution >= 4 is 11.5 Å². The van der Waals surface area contributed by atoms with Crippen LogP contribution in [0.5, 0.6) is 0 Å². The lowest BCUT2D eigenvalue weighted by molar-refractivity contribution is 0.104. The zero-order valence-electron chi connectivity index (χ0n) is 9.94. The van der Waals surface area contributed by atoms with E-state index in [1.165, 1.54) is 42.6 Å². The Bertz CT molecular complexity index is 606. The summed E-state index contributed by atoms with van der Waals surface area (Å²) in [6.07, 6.45) is 2.61. The van der Waals surface area contributed by atoms with Gasteiger partial charge in [-0.3, -0.25) is 4.79 Å². The second-order valence-corrected chi connectivity index (χ2v) is 3.83. The Morgan fingerprint density at radius 2 is 1.68 bits per heavy atom. The van der Waals surface area contributed by atoms with Crippen LogP contribution in [-0.4, -0.2) is 5.78 Å². The molecular weight excluding hydrogens is 248 g/mol. The van der Waals surface area contributed by atoms with Crippen LogP contribution < -0.4 is 5.32 Å². The first-order valence-corrected chi connectivity index (χ1v) is 5.64. The molecular formula is C15H11F2NO. The Morgan fingerprint density at radius 3 is 2.37 bits per heavy atom. The van der Waals surface area contributed by atoms with Gasteiger partial charge in [0.15, 0.2) is 5.78 Å². The average Bonchev–Trinajstić information content (AvgIpc) is 2.41. The molecule has 2 rings (SSSR count). The Hall–Kier alpha value is -2.49. The number of para-hydroxylation sites is 1. The van der Waals surface area contributed by atoms with Crippen molar-refractivity contribution in [2.45, 2.75) is 0 Å². The van der Waals surface area contributed by atoms with Gasteiger partial charge in [-0.1, -0.05) is 12.1 Å². The SMILES string of the molecule is O=C(/C=C/Nc1ccccc1F)c1ccc(F)cc1. The smallest absolute Gasteiger partial charge is 0.187 e. The van der Waals surface area contributed by atoms with Crippen molar-refractivity contribution in [1.82, 2.24) is 0 Å². The summed E-state index contributed by atoms with van der Waals surface area (Å²) in [5.74, 6) is -1.09. The third-order valence-electron chi connectivity index (χ3n) is 2.48. The lowest BCUT2D eigenvalue weighted by Crippen LogP contribution is -1.97. The summed E-state index contributed by atoms with van der Waals surface area (Å²) in [6, 6.07) is 11.3. The fraction of sp³-hybridized carbons (Fsp3) is 0. The molecule has 0 saturated carbocycles. The van der Waals surface area contributed by atoms with Crippen molar-refractivity contribution in [1.29, 1.82) is 0 Å². The number of carbonyl (C=O) groups is 1. The van der Waals surface area contributed by atoms with Gasteiger partial charge in [-0.25, -0.2) is 8.78 Å². The zero-order chi connectivity index (χ0) is 13.7. The van der Waals surface area contributed by atoms with Crippen molar-refractivity contribution in [2.24, 2.45) is 0 Å². The molecule has 0 atom stereocenters. The molecule has 0 saturated heterocycles. The third-order valence-corrected chi connectivity index (χ3v) is 2.48. The van der Waals surface area contributed by atoms with Gasteiger partial charge in [0.2, 0.25) is 0 Å². The summed E-state index contributed by atoms with van der Waals surface area (Å²) in [5, 5.41) is 2.67. The number of allylic oxidation sites excluding steroid dienone is 1. The predicted molar refractivity (Wildman–Crippen MR) is 69.9 cm³/mol. The minimum absolute atomic E-state index is 0.283. The largest absolute Gasteiger partial charge is 0.359 e. The number of rotatable bonds is 4. The molecule has 2 aromatic carbocycles. The zero-order valence-corrected chi connectivity index (χ0v) is 9.94. The number of hydrogen-bond acceptors (Lipinski definition) is 2. The standard InChI is InChI=1S/C15H11F2NO/c16-12-7-5-11(6-8-12)15(19)9-10-18-14-4-2-1-3-13(14)17/h1-10,18H/b10-9+. The fourth-order valence-corrected chi connectivity index (χ4v) is 1.50. The highest BCUT2D eigenvalue weighted by molar-refractivity contribution is 6.04. The van der Waals surface area contributed by atoms with E-state index in [4.69, 9.17) is 0 Å². The molecule has 4 heteroatoms. The molecule has 0 aliphatic carbocycles. The third kappa shape index (κ3) is 3.48. The van der Waals surface area contributed by atoms with Crippen LogP contribution in [-0.2, 0) is 0 Å². The van der Waals surface area contributed by atoms with E-state index < -0.39 is 11.6 Å². The van der Waals surface area contributed by atoms with Crippen molar-refractivity contribution in [2.75, 3.05) is 5.32 Å². The molecule has 0 radical (unpaired) electrons. The van der Waals surface area contributed by atoms with Crippen LogP contribution in [0, 0.1) is 11.6 Å². The van der Waals surface area contributed by atoms with E-state index in [-0.39, 0.29) is 11.5 Å². The Kier molecular flexibility index (Phi) is 4.03. The molecule has 0 aromatic heterocycles. The van der Waals surface area contributed by atoms with Gasteiger partial charge in [-0.05, 0) is 36.4 Å². The molecule has 0 amide bonds. The maximum absolute atomic E-state index is 13.3. The molecule has 0 aliphatic heterocycles. The van der Waals surface area contributed by atoms with Gasteiger partial charge >= 0.3 is 0 Å². The van der Waals surface area contributed by atoms with Gasteiger partial charge in [0, 0.05) is 17.8 Å². The number of carbonyl (C=O) groups excluding carboxylic acids is 1. The van der Waals surface area contributed by atoms with Crippen LogP contribution in [0.4, 0.5) is 14.5 Å². The Morgan fingerprint density at radius 1 is 1.00 bits per heavy atom. The summed E-state index contributed by atoms with van der Waals surface area (Å²) in [5.41, 5.74) is 0.652. The van der Waals surface area contributed by atoms with Crippen LogP contribution in [0.15, 0.2) is 60.8 Å². The van der Waals surface area contributed by atoms with Crippen molar-refractivity contribution in [3.05, 3.63) is 78.0 Å². The fourth-order valence-electron chi connectivity index (χ4n) is 1.50. The van der Waals surface area contributed by atoms with Crippen LogP contribution in [0.3, 0.4) is 0 Å². The minimum atomic E-state index is -0.401.